The van der Waals surface area contributed by atoms with Crippen LogP contribution in [0.3, 0.4) is 0 Å². The number of aryl methyl sites for hydroxylation is 1. The summed E-state index contributed by atoms with van der Waals surface area (Å²) >= 11 is 0. The molecule has 0 saturated heterocycles. The van der Waals surface area contributed by atoms with Gasteiger partial charge in [0.1, 0.15) is 5.82 Å². The molecule has 0 radical (unpaired) electrons. The van der Waals surface area contributed by atoms with Crippen molar-refractivity contribution in [3.05, 3.63) is 59.9 Å². The quantitative estimate of drug-likeness (QED) is 0.742. The van der Waals surface area contributed by atoms with E-state index in [1.165, 1.54) is 17.7 Å². The van der Waals surface area contributed by atoms with Crippen molar-refractivity contribution in [3.8, 4) is 22.4 Å². The van der Waals surface area contributed by atoms with E-state index in [9.17, 15) is 4.39 Å². The van der Waals surface area contributed by atoms with E-state index in [-0.39, 0.29) is 5.82 Å². The van der Waals surface area contributed by atoms with E-state index in [2.05, 4.69) is 10.2 Å². The Morgan fingerprint density at radius 1 is 0.950 bits per heavy atom. The van der Waals surface area contributed by atoms with E-state index < -0.39 is 0 Å². The van der Waals surface area contributed by atoms with Crippen LogP contribution in [0.4, 0.5) is 10.2 Å². The van der Waals surface area contributed by atoms with Gasteiger partial charge < -0.3 is 5.73 Å². The molecule has 3 N–H and O–H groups in total. The number of H-pyrrole nitrogens is 1. The van der Waals surface area contributed by atoms with Crippen molar-refractivity contribution in [2.24, 2.45) is 0 Å². The first-order chi connectivity index (χ1) is 9.65. The van der Waals surface area contributed by atoms with Gasteiger partial charge in [0.25, 0.3) is 0 Å². The van der Waals surface area contributed by atoms with Gasteiger partial charge in [-0.25, -0.2) is 4.39 Å². The number of nitrogens with one attached hydrogen (secondary N) is 1. The largest absolute Gasteiger partial charge is 0.382 e. The van der Waals surface area contributed by atoms with Crippen molar-refractivity contribution in [2.75, 3.05) is 5.73 Å². The van der Waals surface area contributed by atoms with E-state index in [0.29, 0.717) is 5.82 Å². The summed E-state index contributed by atoms with van der Waals surface area (Å²) in [6.45, 7) is 2.03. The zero-order valence-corrected chi connectivity index (χ0v) is 11.0. The molecule has 1 heterocycles. The normalized spacial score (nSPS) is 10.7. The topological polar surface area (TPSA) is 54.7 Å². The number of benzene rings is 2. The fraction of sp³-hybridized carbons (Fsp3) is 0.0625. The second-order valence-electron chi connectivity index (χ2n) is 4.73. The predicted octanol–water partition coefficient (Wildman–Crippen LogP) is 3.77. The maximum Gasteiger partial charge on any atom is 0.153 e. The Balaban J connectivity index is 2.14. The summed E-state index contributed by atoms with van der Waals surface area (Å²) in [5.74, 6) is 0.173. The van der Waals surface area contributed by atoms with Crippen molar-refractivity contribution in [3.63, 3.8) is 0 Å². The van der Waals surface area contributed by atoms with Crippen molar-refractivity contribution < 1.29 is 4.39 Å². The lowest BCUT2D eigenvalue weighted by Gasteiger charge is -2.05. The molecule has 0 saturated carbocycles. The number of aromatic nitrogens is 2. The Bertz CT molecular complexity index is 727. The summed E-state index contributed by atoms with van der Waals surface area (Å²) in [5.41, 5.74) is 10.6. The number of anilines is 1. The molecule has 0 unspecified atom stereocenters. The second-order valence-corrected chi connectivity index (χ2v) is 4.73. The van der Waals surface area contributed by atoms with E-state index in [4.69, 9.17) is 5.73 Å². The van der Waals surface area contributed by atoms with Crippen LogP contribution >= 0.6 is 0 Å². The van der Waals surface area contributed by atoms with Crippen LogP contribution in [0, 0.1) is 12.7 Å². The molecule has 0 amide bonds. The summed E-state index contributed by atoms with van der Waals surface area (Å²) < 4.78 is 13.0. The number of nitrogens with two attached hydrogens (primary N) is 1. The van der Waals surface area contributed by atoms with Crippen molar-refractivity contribution in [1.29, 1.82) is 0 Å². The van der Waals surface area contributed by atoms with Crippen LogP contribution in [0.2, 0.25) is 0 Å². The minimum atomic E-state index is -0.266. The standard InChI is InChI=1S/C16H14FN3/c1-10-2-4-11(5-3-10)14-15(19-20-16(14)18)12-6-8-13(17)9-7-12/h2-9H,1H3,(H3,18,19,20). The summed E-state index contributed by atoms with van der Waals surface area (Å²) in [7, 11) is 0. The molecule has 2 aromatic carbocycles. The first-order valence-corrected chi connectivity index (χ1v) is 6.32. The van der Waals surface area contributed by atoms with Crippen LogP contribution in [0.25, 0.3) is 22.4 Å². The summed E-state index contributed by atoms with van der Waals surface area (Å²) in [4.78, 5) is 0. The molecular weight excluding hydrogens is 253 g/mol. The Morgan fingerprint density at radius 2 is 1.55 bits per heavy atom. The maximum absolute atomic E-state index is 13.0. The third-order valence-electron chi connectivity index (χ3n) is 3.27. The van der Waals surface area contributed by atoms with Crippen LogP contribution in [0.5, 0.6) is 0 Å². The molecule has 0 aliphatic heterocycles. The van der Waals surface area contributed by atoms with E-state index in [1.54, 1.807) is 12.1 Å². The number of rotatable bonds is 2. The average Bonchev–Trinajstić information content (AvgIpc) is 2.83. The van der Waals surface area contributed by atoms with Gasteiger partial charge in [-0.2, -0.15) is 5.10 Å². The summed E-state index contributed by atoms with van der Waals surface area (Å²) in [6.07, 6.45) is 0. The minimum absolute atomic E-state index is 0.266. The van der Waals surface area contributed by atoms with E-state index >= 15 is 0 Å². The van der Waals surface area contributed by atoms with Gasteiger partial charge in [-0.3, -0.25) is 5.10 Å². The molecule has 0 bridgehead atoms. The van der Waals surface area contributed by atoms with Crippen LogP contribution in [0.1, 0.15) is 5.56 Å². The first-order valence-electron chi connectivity index (χ1n) is 6.32. The fourth-order valence-electron chi connectivity index (χ4n) is 2.19. The molecule has 3 nitrogen and oxygen atoms in total. The molecule has 3 aromatic rings. The third kappa shape index (κ3) is 2.16. The lowest BCUT2D eigenvalue weighted by atomic mass is 10.00. The zero-order valence-electron chi connectivity index (χ0n) is 11.0. The maximum atomic E-state index is 13.0. The van der Waals surface area contributed by atoms with E-state index in [1.807, 2.05) is 31.2 Å². The van der Waals surface area contributed by atoms with Gasteiger partial charge in [0, 0.05) is 5.56 Å². The first kappa shape index (κ1) is 12.4. The van der Waals surface area contributed by atoms with Gasteiger partial charge in [-0.15, -0.1) is 0 Å². The molecule has 4 heteroatoms. The third-order valence-corrected chi connectivity index (χ3v) is 3.27. The van der Waals surface area contributed by atoms with Crippen molar-refractivity contribution >= 4 is 5.82 Å². The molecule has 0 atom stereocenters. The molecule has 100 valence electrons. The Morgan fingerprint density at radius 3 is 2.20 bits per heavy atom. The smallest absolute Gasteiger partial charge is 0.153 e. The molecule has 0 aliphatic carbocycles. The molecule has 3 rings (SSSR count). The SMILES string of the molecule is Cc1ccc(-c2c(N)n[nH]c2-c2ccc(F)cc2)cc1. The number of hydrogen-bond donors (Lipinski definition) is 2. The highest BCUT2D eigenvalue weighted by molar-refractivity contribution is 5.87. The molecule has 0 fully saturated rings. The Kier molecular flexibility index (Phi) is 2.99. The molecule has 1 aromatic heterocycles. The number of nitrogen functional groups attached to an aromatic ring is 1. The lowest BCUT2D eigenvalue weighted by Crippen LogP contribution is -1.89. The van der Waals surface area contributed by atoms with Gasteiger partial charge in [-0.1, -0.05) is 29.8 Å². The lowest BCUT2D eigenvalue weighted by molar-refractivity contribution is 0.628. The number of aromatic amines is 1. The highest BCUT2D eigenvalue weighted by atomic mass is 19.1. The molecular formula is C16H14FN3. The van der Waals surface area contributed by atoms with Crippen molar-refractivity contribution in [2.45, 2.75) is 6.92 Å². The van der Waals surface area contributed by atoms with Gasteiger partial charge in [0.15, 0.2) is 5.82 Å². The number of nitrogens with zero attached hydrogens (tertiary/aromatic N) is 1. The van der Waals surface area contributed by atoms with Crippen LogP contribution < -0.4 is 5.73 Å². The van der Waals surface area contributed by atoms with E-state index in [0.717, 1.165) is 22.4 Å². The number of hydrogen-bond acceptors (Lipinski definition) is 2. The number of halogens is 1. The van der Waals surface area contributed by atoms with Crippen molar-refractivity contribution in [1.82, 2.24) is 10.2 Å². The summed E-state index contributed by atoms with van der Waals surface area (Å²) in [5, 5.41) is 7.00. The highest BCUT2D eigenvalue weighted by Gasteiger charge is 2.14. The highest BCUT2D eigenvalue weighted by Crippen LogP contribution is 2.34. The molecule has 20 heavy (non-hydrogen) atoms. The summed E-state index contributed by atoms with van der Waals surface area (Å²) in [6, 6.07) is 14.3. The molecule has 0 spiro atoms. The zero-order chi connectivity index (χ0) is 14.1. The second kappa shape index (κ2) is 4.81. The van der Waals surface area contributed by atoms with Gasteiger partial charge in [0.05, 0.1) is 11.3 Å². The fourth-order valence-corrected chi connectivity index (χ4v) is 2.19. The molecule has 0 aliphatic rings. The van der Waals surface area contributed by atoms with Gasteiger partial charge in [0.2, 0.25) is 0 Å². The monoisotopic (exact) mass is 267 g/mol. The minimum Gasteiger partial charge on any atom is -0.382 e. The Hall–Kier alpha value is -2.62. The van der Waals surface area contributed by atoms with Gasteiger partial charge >= 0.3 is 0 Å². The van der Waals surface area contributed by atoms with Crippen LogP contribution in [0.15, 0.2) is 48.5 Å². The van der Waals surface area contributed by atoms with Crippen LogP contribution in [-0.2, 0) is 0 Å². The Labute approximate surface area is 116 Å². The average molecular weight is 267 g/mol. The van der Waals surface area contributed by atoms with Crippen LogP contribution in [-0.4, -0.2) is 10.2 Å². The predicted molar refractivity (Wildman–Crippen MR) is 78.6 cm³/mol. The van der Waals surface area contributed by atoms with Gasteiger partial charge in [-0.05, 0) is 36.8 Å².